The summed E-state index contributed by atoms with van der Waals surface area (Å²) in [4.78, 5) is 30.0. The highest BCUT2D eigenvalue weighted by molar-refractivity contribution is 6.00. The zero-order valence-electron chi connectivity index (χ0n) is 8.29. The van der Waals surface area contributed by atoms with Gasteiger partial charge in [-0.1, -0.05) is 6.08 Å². The van der Waals surface area contributed by atoms with E-state index in [1.165, 1.54) is 36.8 Å². The van der Waals surface area contributed by atoms with Crippen molar-refractivity contribution in [1.29, 1.82) is 0 Å². The van der Waals surface area contributed by atoms with E-state index in [9.17, 15) is 9.59 Å². The molecule has 5 nitrogen and oxygen atoms in total. The molecule has 0 N–H and O–H groups in total. The lowest BCUT2D eigenvalue weighted by molar-refractivity contribution is -0.130. The van der Waals surface area contributed by atoms with Crippen LogP contribution in [0.4, 0.5) is 0 Å². The average Bonchev–Trinajstić information content (AvgIpc) is 2.31. The normalized spacial score (nSPS) is 14.5. The van der Waals surface area contributed by atoms with Crippen LogP contribution in [0, 0.1) is 0 Å². The Labute approximate surface area is 91.5 Å². The number of aromatic nitrogens is 2. The van der Waals surface area contributed by atoms with Crippen LogP contribution in [0.25, 0.3) is 0 Å². The summed E-state index contributed by atoms with van der Waals surface area (Å²) in [6, 6.07) is 0. The number of hydrogen-bond donors (Lipinski definition) is 0. The van der Waals surface area contributed by atoms with Gasteiger partial charge in [0.2, 0.25) is 5.88 Å². The van der Waals surface area contributed by atoms with Gasteiger partial charge in [-0.2, -0.15) is 0 Å². The molecule has 80 valence electrons. The summed E-state index contributed by atoms with van der Waals surface area (Å²) >= 11 is 0. The Morgan fingerprint density at radius 1 is 1.31 bits per heavy atom. The van der Waals surface area contributed by atoms with Crippen molar-refractivity contribution in [2.75, 3.05) is 0 Å². The molecular formula is C11H8N2O3. The monoisotopic (exact) mass is 216 g/mol. The maximum Gasteiger partial charge on any atom is 0.344 e. The fraction of sp³-hybridized carbons (Fsp3) is 0.0909. The molecule has 0 saturated heterocycles. The molecule has 2 rings (SSSR count). The van der Waals surface area contributed by atoms with Crippen molar-refractivity contribution in [3.05, 3.63) is 42.4 Å². The minimum Gasteiger partial charge on any atom is -0.402 e. The molecule has 1 heterocycles. The van der Waals surface area contributed by atoms with Crippen LogP contribution in [0.3, 0.4) is 0 Å². The molecule has 16 heavy (non-hydrogen) atoms. The van der Waals surface area contributed by atoms with Crippen LogP contribution in [0.5, 0.6) is 5.88 Å². The fourth-order valence-electron chi connectivity index (χ4n) is 1.17. The molecule has 1 aromatic rings. The van der Waals surface area contributed by atoms with Gasteiger partial charge in [0.25, 0.3) is 0 Å². The summed E-state index contributed by atoms with van der Waals surface area (Å²) < 4.78 is 4.95. The lowest BCUT2D eigenvalue weighted by atomic mass is 10.1. The number of carbonyl (C=O) groups excluding carboxylic acids is 2. The smallest absolute Gasteiger partial charge is 0.344 e. The molecule has 5 heteroatoms. The number of hydrogen-bond acceptors (Lipinski definition) is 5. The van der Waals surface area contributed by atoms with E-state index in [4.69, 9.17) is 4.74 Å². The zero-order valence-corrected chi connectivity index (χ0v) is 8.29. The molecule has 0 fully saturated rings. The van der Waals surface area contributed by atoms with Gasteiger partial charge < -0.3 is 4.74 Å². The molecule has 0 atom stereocenters. The Bertz CT molecular complexity index is 477. The first-order chi connectivity index (χ1) is 7.75. The second-order valence-corrected chi connectivity index (χ2v) is 3.10. The molecule has 0 saturated carbocycles. The van der Waals surface area contributed by atoms with E-state index in [1.807, 2.05) is 0 Å². The van der Waals surface area contributed by atoms with E-state index < -0.39 is 5.97 Å². The second kappa shape index (κ2) is 4.48. The van der Waals surface area contributed by atoms with Crippen molar-refractivity contribution < 1.29 is 14.3 Å². The molecule has 1 aliphatic rings. The van der Waals surface area contributed by atoms with Gasteiger partial charge in [-0.15, -0.1) is 0 Å². The predicted molar refractivity (Wildman–Crippen MR) is 54.5 cm³/mol. The van der Waals surface area contributed by atoms with Gasteiger partial charge in [-0.3, -0.25) is 9.78 Å². The number of carbonyl (C=O) groups is 2. The highest BCUT2D eigenvalue weighted by Gasteiger charge is 2.13. The van der Waals surface area contributed by atoms with Gasteiger partial charge in [-0.05, 0) is 12.2 Å². The van der Waals surface area contributed by atoms with E-state index in [0.717, 1.165) is 0 Å². The van der Waals surface area contributed by atoms with E-state index in [1.54, 1.807) is 0 Å². The van der Waals surface area contributed by atoms with Crippen molar-refractivity contribution in [2.24, 2.45) is 0 Å². The van der Waals surface area contributed by atoms with Gasteiger partial charge in [0.1, 0.15) is 0 Å². The molecule has 0 spiro atoms. The van der Waals surface area contributed by atoms with Crippen molar-refractivity contribution in [1.82, 2.24) is 9.97 Å². The third-order valence-corrected chi connectivity index (χ3v) is 1.94. The Hall–Kier alpha value is -2.30. The minimum absolute atomic E-state index is 0.0314. The van der Waals surface area contributed by atoms with Crippen LogP contribution in [0.2, 0.25) is 0 Å². The average molecular weight is 216 g/mol. The summed E-state index contributed by atoms with van der Waals surface area (Å²) in [5, 5.41) is 0. The van der Waals surface area contributed by atoms with Gasteiger partial charge in [0, 0.05) is 18.8 Å². The third kappa shape index (κ3) is 2.38. The van der Waals surface area contributed by atoms with E-state index in [0.29, 0.717) is 5.57 Å². The first-order valence-electron chi connectivity index (χ1n) is 4.65. The van der Waals surface area contributed by atoms with E-state index >= 15 is 0 Å². The number of allylic oxidation sites excluding steroid dienone is 2. The highest BCUT2D eigenvalue weighted by atomic mass is 16.5. The fourth-order valence-corrected chi connectivity index (χ4v) is 1.17. The van der Waals surface area contributed by atoms with Gasteiger partial charge in [-0.25, -0.2) is 9.78 Å². The number of nitrogens with zero attached hydrogens (tertiary/aromatic N) is 2. The molecule has 0 aliphatic heterocycles. The molecule has 0 aromatic carbocycles. The van der Waals surface area contributed by atoms with E-state index in [-0.39, 0.29) is 18.1 Å². The van der Waals surface area contributed by atoms with Crippen molar-refractivity contribution in [2.45, 2.75) is 6.42 Å². The van der Waals surface area contributed by atoms with Crippen LogP contribution >= 0.6 is 0 Å². The Balaban J connectivity index is 2.05. The summed E-state index contributed by atoms with van der Waals surface area (Å²) in [5.74, 6) is -0.431. The van der Waals surface area contributed by atoms with Gasteiger partial charge in [0.05, 0.1) is 11.8 Å². The number of rotatable bonds is 2. The molecule has 1 aliphatic carbocycles. The number of ether oxygens (including phenoxy) is 1. The van der Waals surface area contributed by atoms with Crippen LogP contribution < -0.4 is 4.74 Å². The SMILES string of the molecule is O=C1C=CC(C(=O)Oc2cnccn2)=CC1. The largest absolute Gasteiger partial charge is 0.402 e. The molecular weight excluding hydrogens is 208 g/mol. The lowest BCUT2D eigenvalue weighted by Crippen LogP contribution is -2.13. The Morgan fingerprint density at radius 3 is 2.81 bits per heavy atom. The standard InChI is InChI=1S/C11H8N2O3/c14-9-3-1-8(2-4-9)11(15)16-10-7-12-5-6-13-10/h1-3,5-7H,4H2. The van der Waals surface area contributed by atoms with Gasteiger partial charge >= 0.3 is 5.97 Å². The van der Waals surface area contributed by atoms with E-state index in [2.05, 4.69) is 9.97 Å². The van der Waals surface area contributed by atoms with Crippen LogP contribution in [-0.2, 0) is 9.59 Å². The first-order valence-corrected chi connectivity index (χ1v) is 4.65. The highest BCUT2D eigenvalue weighted by Crippen LogP contribution is 2.11. The maximum atomic E-state index is 11.6. The summed E-state index contributed by atoms with van der Waals surface area (Å²) in [5.41, 5.74) is 0.352. The van der Waals surface area contributed by atoms with Gasteiger partial charge in [0.15, 0.2) is 5.78 Å². The third-order valence-electron chi connectivity index (χ3n) is 1.94. The predicted octanol–water partition coefficient (Wildman–Crippen LogP) is 0.837. The molecule has 0 amide bonds. The van der Waals surface area contributed by atoms with Crippen LogP contribution in [0.1, 0.15) is 6.42 Å². The number of esters is 1. The molecule has 0 radical (unpaired) electrons. The van der Waals surface area contributed by atoms with Crippen LogP contribution in [-0.4, -0.2) is 21.7 Å². The maximum absolute atomic E-state index is 11.6. The summed E-state index contributed by atoms with van der Waals surface area (Å²) in [6.45, 7) is 0. The first kappa shape index (κ1) is 10.2. The van der Waals surface area contributed by atoms with Crippen molar-refractivity contribution >= 4 is 11.8 Å². The molecule has 0 unspecified atom stereocenters. The molecule has 0 bridgehead atoms. The zero-order chi connectivity index (χ0) is 11.4. The number of ketones is 1. The second-order valence-electron chi connectivity index (χ2n) is 3.10. The Morgan fingerprint density at radius 2 is 2.19 bits per heavy atom. The van der Waals surface area contributed by atoms with Crippen LogP contribution in [0.15, 0.2) is 42.4 Å². The topological polar surface area (TPSA) is 69.2 Å². The molecule has 1 aromatic heterocycles. The van der Waals surface area contributed by atoms with Crippen molar-refractivity contribution in [3.8, 4) is 5.88 Å². The summed E-state index contributed by atoms with van der Waals surface area (Å²) in [6.07, 6.45) is 8.80. The minimum atomic E-state index is -0.538. The van der Waals surface area contributed by atoms with Crippen molar-refractivity contribution in [3.63, 3.8) is 0 Å². The summed E-state index contributed by atoms with van der Waals surface area (Å²) in [7, 11) is 0. The quantitative estimate of drug-likeness (QED) is 0.685. The lowest BCUT2D eigenvalue weighted by Gasteiger charge is -2.05. The Kier molecular flexibility index (Phi) is 2.86.